The number of hydrogen-bond acceptors (Lipinski definition) is 4. The fourth-order valence-corrected chi connectivity index (χ4v) is 7.77. The zero-order valence-electron chi connectivity index (χ0n) is 29.5. The molecule has 6 aromatic carbocycles. The van der Waals surface area contributed by atoms with Crippen molar-refractivity contribution in [2.45, 2.75) is 27.7 Å². The SMILES string of the molecule is Cc1cc2c([c-]c1Oc1[c-]c3c(cc1)c1ccccc1n3-c1nccn1-c1c(C)cccc1C)c1nnc(-c3ccccc3C)n1c1ccccc21.[Pt+2]. The van der Waals surface area contributed by atoms with Crippen LogP contribution in [0.3, 0.4) is 0 Å². The molecule has 0 spiro atoms. The summed E-state index contributed by atoms with van der Waals surface area (Å²) in [5.74, 6) is 2.78. The summed E-state index contributed by atoms with van der Waals surface area (Å²) in [6.45, 7) is 8.44. The van der Waals surface area contributed by atoms with E-state index in [0.717, 1.165) is 83.3 Å². The molecule has 7 nitrogen and oxygen atoms in total. The molecule has 4 heterocycles. The average Bonchev–Trinajstić information content (AvgIpc) is 3.89. The number of pyridine rings is 1. The number of aromatic nitrogens is 6. The van der Waals surface area contributed by atoms with Crippen LogP contribution in [0, 0.1) is 39.8 Å². The van der Waals surface area contributed by atoms with Crippen molar-refractivity contribution >= 4 is 49.1 Å². The van der Waals surface area contributed by atoms with Gasteiger partial charge in [0.25, 0.3) is 0 Å². The molecular weight excluding hydrogens is 836 g/mol. The molecule has 0 aliphatic rings. The summed E-state index contributed by atoms with van der Waals surface area (Å²) in [6.07, 6.45) is 3.88. The van der Waals surface area contributed by atoms with E-state index in [1.165, 1.54) is 11.1 Å². The summed E-state index contributed by atoms with van der Waals surface area (Å²) in [4.78, 5) is 4.91. The van der Waals surface area contributed by atoms with Crippen LogP contribution < -0.4 is 4.74 Å². The smallest absolute Gasteiger partial charge is 0.503 e. The minimum absolute atomic E-state index is 0. The van der Waals surface area contributed by atoms with Crippen LogP contribution in [0.1, 0.15) is 22.3 Å². The molecule has 4 aromatic heterocycles. The van der Waals surface area contributed by atoms with Crippen molar-refractivity contribution in [2.75, 3.05) is 0 Å². The van der Waals surface area contributed by atoms with Crippen LogP contribution in [0.5, 0.6) is 11.5 Å². The molecular formula is C45H32N6OPt. The van der Waals surface area contributed by atoms with Gasteiger partial charge in [0, 0.05) is 40.5 Å². The van der Waals surface area contributed by atoms with Gasteiger partial charge in [-0.25, -0.2) is 4.98 Å². The molecule has 0 N–H and O–H groups in total. The maximum Gasteiger partial charge on any atom is 2.00 e. The predicted molar refractivity (Wildman–Crippen MR) is 208 cm³/mol. The standard InChI is InChI=1S/C45H32N6O.Pt/c1-27-12-5-6-15-32(27)43-47-48-44-37-26-41(30(4)24-36(37)34-17-8-10-19-39(34)51(43)44)52-31-20-21-35-33-16-7-9-18-38(33)50(40(35)25-31)45-46-22-23-49(45)42-28(2)13-11-14-29(42)3;/h5-24H,1-4H3;/q-2;+2. The molecule has 0 fully saturated rings. The van der Waals surface area contributed by atoms with Crippen LogP contribution in [-0.4, -0.2) is 28.7 Å². The Hall–Kier alpha value is -6.04. The van der Waals surface area contributed by atoms with Crippen LogP contribution in [0.15, 0.2) is 122 Å². The summed E-state index contributed by atoms with van der Waals surface area (Å²) < 4.78 is 13.2. The van der Waals surface area contributed by atoms with E-state index in [-0.39, 0.29) is 21.1 Å². The average molecular weight is 868 g/mol. The van der Waals surface area contributed by atoms with E-state index in [9.17, 15) is 0 Å². The summed E-state index contributed by atoms with van der Waals surface area (Å²) >= 11 is 0. The maximum absolute atomic E-state index is 6.71. The second-order valence-electron chi connectivity index (χ2n) is 13.5. The van der Waals surface area contributed by atoms with Crippen LogP contribution in [0.4, 0.5) is 0 Å². The second-order valence-corrected chi connectivity index (χ2v) is 13.5. The van der Waals surface area contributed by atoms with Crippen LogP contribution in [-0.2, 0) is 21.1 Å². The molecule has 0 saturated heterocycles. The van der Waals surface area contributed by atoms with Gasteiger partial charge in [-0.2, -0.15) is 11.2 Å². The molecule has 0 bridgehead atoms. The van der Waals surface area contributed by atoms with Crippen LogP contribution >= 0.6 is 0 Å². The van der Waals surface area contributed by atoms with Gasteiger partial charge in [0.1, 0.15) is 0 Å². The molecule has 0 aliphatic carbocycles. The number of aryl methyl sites for hydroxylation is 4. The van der Waals surface area contributed by atoms with E-state index in [2.05, 4.69) is 144 Å². The predicted octanol–water partition coefficient (Wildman–Crippen LogP) is 10.6. The Labute approximate surface area is 320 Å². The number of benzene rings is 6. The Morgan fingerprint density at radius 1 is 0.623 bits per heavy atom. The van der Waals surface area contributed by atoms with E-state index in [1.807, 2.05) is 30.6 Å². The van der Waals surface area contributed by atoms with Crippen molar-refractivity contribution in [1.29, 1.82) is 0 Å². The van der Waals surface area contributed by atoms with Gasteiger partial charge in [0.2, 0.25) is 5.95 Å². The second kappa shape index (κ2) is 12.6. The van der Waals surface area contributed by atoms with E-state index in [1.54, 1.807) is 0 Å². The molecule has 258 valence electrons. The van der Waals surface area contributed by atoms with Crippen molar-refractivity contribution in [2.24, 2.45) is 0 Å². The van der Waals surface area contributed by atoms with E-state index >= 15 is 0 Å². The quantitative estimate of drug-likeness (QED) is 0.128. The van der Waals surface area contributed by atoms with E-state index < -0.39 is 0 Å². The topological polar surface area (TPSA) is 62.2 Å². The third-order valence-electron chi connectivity index (χ3n) is 10.2. The first-order valence-electron chi connectivity index (χ1n) is 17.4. The van der Waals surface area contributed by atoms with Crippen molar-refractivity contribution in [3.05, 3.63) is 156 Å². The van der Waals surface area contributed by atoms with Gasteiger partial charge in [-0.15, -0.1) is 28.7 Å². The maximum atomic E-state index is 6.71. The molecule has 0 saturated carbocycles. The molecule has 8 heteroatoms. The number of rotatable bonds is 5. The van der Waals surface area contributed by atoms with Gasteiger partial charge in [0.15, 0.2) is 5.82 Å². The molecule has 0 unspecified atom stereocenters. The normalized spacial score (nSPS) is 11.6. The Morgan fingerprint density at radius 3 is 2.11 bits per heavy atom. The third kappa shape index (κ3) is 5.02. The first kappa shape index (κ1) is 32.8. The number of nitrogens with zero attached hydrogens (tertiary/aromatic N) is 6. The first-order chi connectivity index (χ1) is 25.5. The number of ether oxygens (including phenoxy) is 1. The molecule has 53 heavy (non-hydrogen) atoms. The van der Waals surface area contributed by atoms with Gasteiger partial charge < -0.3 is 13.7 Å². The van der Waals surface area contributed by atoms with E-state index in [0.29, 0.717) is 11.5 Å². The van der Waals surface area contributed by atoms with Gasteiger partial charge in [-0.1, -0.05) is 114 Å². The monoisotopic (exact) mass is 867 g/mol. The summed E-state index contributed by atoms with van der Waals surface area (Å²) in [5, 5.41) is 14.7. The van der Waals surface area contributed by atoms with Crippen molar-refractivity contribution in [1.82, 2.24) is 28.7 Å². The molecule has 10 rings (SSSR count). The molecule has 0 aliphatic heterocycles. The van der Waals surface area contributed by atoms with Crippen LogP contribution in [0.25, 0.3) is 72.2 Å². The van der Waals surface area contributed by atoms with Crippen LogP contribution in [0.2, 0.25) is 0 Å². The summed E-state index contributed by atoms with van der Waals surface area (Å²) in [7, 11) is 0. The summed E-state index contributed by atoms with van der Waals surface area (Å²) in [6, 6.07) is 45.0. The van der Waals surface area contributed by atoms with E-state index in [4.69, 9.17) is 19.9 Å². The Bertz CT molecular complexity index is 3040. The number of para-hydroxylation sites is 3. The Morgan fingerprint density at radius 2 is 1.32 bits per heavy atom. The first-order valence-corrected chi connectivity index (χ1v) is 17.4. The molecule has 10 aromatic rings. The minimum atomic E-state index is 0. The zero-order valence-corrected chi connectivity index (χ0v) is 31.7. The number of imidazole rings is 1. The van der Waals surface area contributed by atoms with Crippen molar-refractivity contribution in [3.63, 3.8) is 0 Å². The summed E-state index contributed by atoms with van der Waals surface area (Å²) in [5.41, 5.74) is 10.3. The van der Waals surface area contributed by atoms with Gasteiger partial charge in [0.05, 0.1) is 11.3 Å². The van der Waals surface area contributed by atoms with Gasteiger partial charge >= 0.3 is 21.1 Å². The molecule has 0 atom stereocenters. The third-order valence-corrected chi connectivity index (χ3v) is 10.2. The number of hydrogen-bond donors (Lipinski definition) is 0. The van der Waals surface area contributed by atoms with Gasteiger partial charge in [-0.05, 0) is 60.4 Å². The van der Waals surface area contributed by atoms with Gasteiger partial charge in [-0.3, -0.25) is 4.57 Å². The molecule has 0 amide bonds. The molecule has 0 radical (unpaired) electrons. The Kier molecular flexibility index (Phi) is 7.79. The minimum Gasteiger partial charge on any atom is -0.503 e. The number of fused-ring (bicyclic) bond motifs is 9. The zero-order chi connectivity index (χ0) is 35.1. The van der Waals surface area contributed by atoms with Crippen molar-refractivity contribution < 1.29 is 25.8 Å². The fraction of sp³-hybridized carbons (Fsp3) is 0.0889. The Balaban J connectivity index is 0.00000372. The fourth-order valence-electron chi connectivity index (χ4n) is 7.77. The van der Waals surface area contributed by atoms with Crippen molar-refractivity contribution in [3.8, 4) is 34.5 Å². The largest absolute Gasteiger partial charge is 2.00 e.